The average Bonchev–Trinajstić information content (AvgIpc) is 2.61. The molecule has 0 aliphatic heterocycles. The van der Waals surface area contributed by atoms with E-state index in [0.29, 0.717) is 21.0 Å². The highest BCUT2D eigenvalue weighted by Crippen LogP contribution is 2.31. The fourth-order valence-electron chi connectivity index (χ4n) is 2.69. The molecule has 0 spiro atoms. The van der Waals surface area contributed by atoms with E-state index in [2.05, 4.69) is 5.32 Å². The molecular weight excluding hydrogens is 389 g/mol. The SMILES string of the molecule is Cc1cc(=O)oc2cc(OCC(=O)N[C@@H](C)c3ccc(Cl)cc3)c(Cl)cc12. The Hall–Kier alpha value is -2.50. The zero-order chi connectivity index (χ0) is 19.6. The molecule has 27 heavy (non-hydrogen) atoms. The second kappa shape index (κ2) is 8.03. The molecule has 0 fully saturated rings. The molecule has 0 saturated carbocycles. The summed E-state index contributed by atoms with van der Waals surface area (Å²) in [5.41, 5.74) is 1.58. The molecule has 1 N–H and O–H groups in total. The van der Waals surface area contributed by atoms with Gasteiger partial charge in [-0.05, 0) is 43.2 Å². The van der Waals surface area contributed by atoms with Crippen molar-refractivity contribution in [2.24, 2.45) is 0 Å². The number of ether oxygens (including phenoxy) is 1. The maximum absolute atomic E-state index is 12.2. The van der Waals surface area contributed by atoms with E-state index in [1.54, 1.807) is 25.1 Å². The van der Waals surface area contributed by atoms with E-state index >= 15 is 0 Å². The summed E-state index contributed by atoms with van der Waals surface area (Å²) in [5.74, 6) is -0.0356. The summed E-state index contributed by atoms with van der Waals surface area (Å²) in [6, 6.07) is 11.6. The van der Waals surface area contributed by atoms with E-state index in [0.717, 1.165) is 11.1 Å². The van der Waals surface area contributed by atoms with Crippen LogP contribution in [0.25, 0.3) is 11.0 Å². The lowest BCUT2D eigenvalue weighted by molar-refractivity contribution is -0.123. The lowest BCUT2D eigenvalue weighted by Gasteiger charge is -2.15. The molecule has 0 radical (unpaired) electrons. The number of hydrogen-bond donors (Lipinski definition) is 1. The summed E-state index contributed by atoms with van der Waals surface area (Å²) < 4.78 is 10.7. The van der Waals surface area contributed by atoms with Crippen molar-refractivity contribution in [2.75, 3.05) is 6.61 Å². The van der Waals surface area contributed by atoms with E-state index in [-0.39, 0.29) is 24.3 Å². The summed E-state index contributed by atoms with van der Waals surface area (Å²) in [6.07, 6.45) is 0. The van der Waals surface area contributed by atoms with Crippen molar-refractivity contribution in [1.82, 2.24) is 5.32 Å². The number of nitrogens with one attached hydrogen (secondary N) is 1. The average molecular weight is 406 g/mol. The summed E-state index contributed by atoms with van der Waals surface area (Å²) >= 11 is 12.1. The van der Waals surface area contributed by atoms with Crippen LogP contribution in [0.15, 0.2) is 51.7 Å². The number of carbonyl (C=O) groups is 1. The van der Waals surface area contributed by atoms with Gasteiger partial charge in [0.2, 0.25) is 0 Å². The Morgan fingerprint density at radius 2 is 1.89 bits per heavy atom. The van der Waals surface area contributed by atoms with Gasteiger partial charge in [-0.25, -0.2) is 4.79 Å². The fourth-order valence-corrected chi connectivity index (χ4v) is 3.04. The maximum atomic E-state index is 12.2. The van der Waals surface area contributed by atoms with Gasteiger partial charge in [0, 0.05) is 22.5 Å². The molecule has 1 aromatic heterocycles. The van der Waals surface area contributed by atoms with Crippen LogP contribution in [0.2, 0.25) is 10.0 Å². The Balaban J connectivity index is 1.68. The molecule has 7 heteroatoms. The van der Waals surface area contributed by atoms with Gasteiger partial charge in [0.15, 0.2) is 6.61 Å². The monoisotopic (exact) mass is 405 g/mol. The predicted molar refractivity (Wildman–Crippen MR) is 106 cm³/mol. The van der Waals surface area contributed by atoms with Crippen LogP contribution in [0.1, 0.15) is 24.1 Å². The van der Waals surface area contributed by atoms with E-state index in [1.807, 2.05) is 19.1 Å². The summed E-state index contributed by atoms with van der Waals surface area (Å²) in [5, 5.41) is 4.52. The number of benzene rings is 2. The highest BCUT2D eigenvalue weighted by molar-refractivity contribution is 6.32. The van der Waals surface area contributed by atoms with E-state index in [1.165, 1.54) is 12.1 Å². The largest absolute Gasteiger partial charge is 0.482 e. The van der Waals surface area contributed by atoms with E-state index < -0.39 is 5.63 Å². The molecule has 0 bridgehead atoms. The van der Waals surface area contributed by atoms with Gasteiger partial charge in [0.1, 0.15) is 11.3 Å². The van der Waals surface area contributed by atoms with Gasteiger partial charge in [-0.3, -0.25) is 4.79 Å². The van der Waals surface area contributed by atoms with Crippen LogP contribution in [0.5, 0.6) is 5.75 Å². The van der Waals surface area contributed by atoms with Crippen molar-refractivity contribution in [2.45, 2.75) is 19.9 Å². The zero-order valence-electron chi connectivity index (χ0n) is 14.7. The van der Waals surface area contributed by atoms with Gasteiger partial charge >= 0.3 is 5.63 Å². The third-order valence-corrected chi connectivity index (χ3v) is 4.66. The van der Waals surface area contributed by atoms with Gasteiger partial charge < -0.3 is 14.5 Å². The standard InChI is InChI=1S/C20H17Cl2NO4/c1-11-7-20(25)27-17-9-18(16(22)8-15(11)17)26-10-19(24)23-12(2)13-3-5-14(21)6-4-13/h3-9,12H,10H2,1-2H3,(H,23,24)/t12-/m0/s1. The third-order valence-electron chi connectivity index (χ3n) is 4.11. The minimum atomic E-state index is -0.456. The number of amides is 1. The van der Waals surface area contributed by atoms with Crippen LogP contribution >= 0.6 is 23.2 Å². The summed E-state index contributed by atoms with van der Waals surface area (Å²) in [7, 11) is 0. The van der Waals surface area contributed by atoms with Gasteiger partial charge in [-0.1, -0.05) is 35.3 Å². The normalized spacial score (nSPS) is 12.0. The molecule has 2 aromatic carbocycles. The second-order valence-electron chi connectivity index (χ2n) is 6.16. The quantitative estimate of drug-likeness (QED) is 0.626. The molecule has 1 heterocycles. The molecule has 0 saturated heterocycles. The second-order valence-corrected chi connectivity index (χ2v) is 7.00. The summed E-state index contributed by atoms with van der Waals surface area (Å²) in [4.78, 5) is 23.7. The first-order valence-electron chi connectivity index (χ1n) is 8.25. The Bertz CT molecular complexity index is 1040. The zero-order valence-corrected chi connectivity index (χ0v) is 16.2. The Labute approximate surface area is 165 Å². The number of halogens is 2. The first-order chi connectivity index (χ1) is 12.8. The molecular formula is C20H17Cl2NO4. The van der Waals surface area contributed by atoms with Crippen LogP contribution < -0.4 is 15.7 Å². The fraction of sp³-hybridized carbons (Fsp3) is 0.200. The lowest BCUT2D eigenvalue weighted by Crippen LogP contribution is -2.31. The first kappa shape index (κ1) is 19.3. The van der Waals surface area contributed by atoms with Crippen LogP contribution in [-0.2, 0) is 4.79 Å². The minimum absolute atomic E-state index is 0.203. The Morgan fingerprint density at radius 1 is 1.19 bits per heavy atom. The van der Waals surface area contributed by atoms with Gasteiger partial charge in [-0.15, -0.1) is 0 Å². The molecule has 3 aromatic rings. The number of hydrogen-bond acceptors (Lipinski definition) is 4. The maximum Gasteiger partial charge on any atom is 0.336 e. The molecule has 1 amide bonds. The van der Waals surface area contributed by atoms with Crippen molar-refractivity contribution < 1.29 is 13.9 Å². The molecule has 0 unspecified atom stereocenters. The third kappa shape index (κ3) is 4.62. The van der Waals surface area contributed by atoms with Crippen LogP contribution in [-0.4, -0.2) is 12.5 Å². The molecule has 140 valence electrons. The van der Waals surface area contributed by atoms with Crippen molar-refractivity contribution in [3.05, 3.63) is 74.1 Å². The molecule has 3 rings (SSSR count). The highest BCUT2D eigenvalue weighted by atomic mass is 35.5. The van der Waals surface area contributed by atoms with Gasteiger partial charge in [-0.2, -0.15) is 0 Å². The number of rotatable bonds is 5. The number of aryl methyl sites for hydroxylation is 1. The minimum Gasteiger partial charge on any atom is -0.482 e. The van der Waals surface area contributed by atoms with Crippen molar-refractivity contribution in [3.8, 4) is 5.75 Å². The van der Waals surface area contributed by atoms with Crippen molar-refractivity contribution in [1.29, 1.82) is 0 Å². The molecule has 0 aliphatic rings. The Kier molecular flexibility index (Phi) is 5.73. The molecule has 0 aliphatic carbocycles. The predicted octanol–water partition coefficient (Wildman–Crippen LogP) is 4.66. The van der Waals surface area contributed by atoms with Crippen LogP contribution in [0.3, 0.4) is 0 Å². The number of carbonyl (C=O) groups excluding carboxylic acids is 1. The van der Waals surface area contributed by atoms with Gasteiger partial charge in [0.25, 0.3) is 5.91 Å². The van der Waals surface area contributed by atoms with Crippen molar-refractivity contribution >= 4 is 40.1 Å². The highest BCUT2D eigenvalue weighted by Gasteiger charge is 2.13. The molecule has 5 nitrogen and oxygen atoms in total. The number of fused-ring (bicyclic) bond motifs is 1. The lowest BCUT2D eigenvalue weighted by atomic mass is 10.1. The topological polar surface area (TPSA) is 68.5 Å². The smallest absolute Gasteiger partial charge is 0.336 e. The van der Waals surface area contributed by atoms with Crippen LogP contribution in [0, 0.1) is 6.92 Å². The first-order valence-corrected chi connectivity index (χ1v) is 9.00. The van der Waals surface area contributed by atoms with Gasteiger partial charge in [0.05, 0.1) is 11.1 Å². The van der Waals surface area contributed by atoms with E-state index in [9.17, 15) is 9.59 Å². The van der Waals surface area contributed by atoms with E-state index in [4.69, 9.17) is 32.4 Å². The van der Waals surface area contributed by atoms with Crippen LogP contribution in [0.4, 0.5) is 0 Å². The molecule has 1 atom stereocenters. The Morgan fingerprint density at radius 3 is 2.59 bits per heavy atom. The van der Waals surface area contributed by atoms with Crippen molar-refractivity contribution in [3.63, 3.8) is 0 Å². The summed E-state index contributed by atoms with van der Waals surface area (Å²) in [6.45, 7) is 3.43.